The number of ketones is 1. The second-order valence-corrected chi connectivity index (χ2v) is 7.00. The Hall–Kier alpha value is -4.46. The molecule has 8 nitrogen and oxygen atoms in total. The minimum atomic E-state index is -0.334. The molecule has 1 N–H and O–H groups in total. The van der Waals surface area contributed by atoms with E-state index < -0.39 is 0 Å². The van der Waals surface area contributed by atoms with Crippen LogP contribution in [0.1, 0.15) is 15.9 Å². The molecule has 0 saturated carbocycles. The number of H-pyrrole nitrogens is 1. The molecule has 33 heavy (non-hydrogen) atoms. The van der Waals surface area contributed by atoms with E-state index in [1.165, 1.54) is 38.2 Å². The summed E-state index contributed by atoms with van der Waals surface area (Å²) in [6.07, 6.45) is 6.22. The van der Waals surface area contributed by atoms with Crippen LogP contribution in [0.15, 0.2) is 76.3 Å². The van der Waals surface area contributed by atoms with Crippen molar-refractivity contribution in [3.63, 3.8) is 0 Å². The first-order valence-corrected chi connectivity index (χ1v) is 10.0. The Labute approximate surface area is 189 Å². The number of imidazole rings is 1. The van der Waals surface area contributed by atoms with Gasteiger partial charge in [0.25, 0.3) is 0 Å². The summed E-state index contributed by atoms with van der Waals surface area (Å²) in [7, 11) is 4.59. The Bertz CT molecular complexity index is 1340. The summed E-state index contributed by atoms with van der Waals surface area (Å²) in [5, 5.41) is 0. The fourth-order valence-corrected chi connectivity index (χ4v) is 3.49. The van der Waals surface area contributed by atoms with Crippen molar-refractivity contribution in [2.24, 2.45) is 0 Å². The molecule has 2 aromatic carbocycles. The van der Waals surface area contributed by atoms with Crippen LogP contribution < -0.4 is 19.9 Å². The number of allylic oxidation sites excluding steroid dienone is 1. The van der Waals surface area contributed by atoms with Gasteiger partial charge in [0.05, 0.1) is 33.3 Å². The quantitative estimate of drug-likeness (QED) is 0.319. The van der Waals surface area contributed by atoms with Gasteiger partial charge in [0.2, 0.25) is 5.75 Å². The van der Waals surface area contributed by atoms with Crippen LogP contribution >= 0.6 is 0 Å². The summed E-state index contributed by atoms with van der Waals surface area (Å²) in [6.45, 7) is 0. The number of ether oxygens (including phenoxy) is 3. The summed E-state index contributed by atoms with van der Waals surface area (Å²) in [5.74, 6) is 1.76. The molecular weight excluding hydrogens is 424 g/mol. The molecule has 0 saturated heterocycles. The zero-order chi connectivity index (χ0) is 23.4. The molecular formula is C25H22N2O6. The molecule has 0 fully saturated rings. The molecule has 4 aromatic rings. The second-order valence-electron chi connectivity index (χ2n) is 7.00. The van der Waals surface area contributed by atoms with E-state index in [1.807, 2.05) is 0 Å². The molecule has 0 amide bonds. The van der Waals surface area contributed by atoms with Crippen molar-refractivity contribution in [1.29, 1.82) is 0 Å². The van der Waals surface area contributed by atoms with Gasteiger partial charge in [0.1, 0.15) is 5.69 Å². The van der Waals surface area contributed by atoms with Crippen molar-refractivity contribution in [1.82, 2.24) is 9.55 Å². The highest BCUT2D eigenvalue weighted by Crippen LogP contribution is 2.38. The smallest absolute Gasteiger partial charge is 0.330 e. The number of aromatic nitrogens is 2. The minimum absolute atomic E-state index is 0.228. The number of aromatic amines is 1. The fourth-order valence-electron chi connectivity index (χ4n) is 3.49. The number of methoxy groups -OCH3 is 3. The normalized spacial score (nSPS) is 11.0. The van der Waals surface area contributed by atoms with Gasteiger partial charge in [0.15, 0.2) is 23.0 Å². The lowest BCUT2D eigenvalue weighted by molar-refractivity contribution is 0.104. The molecule has 0 atom stereocenters. The van der Waals surface area contributed by atoms with Crippen molar-refractivity contribution >= 4 is 11.9 Å². The molecule has 0 aliphatic rings. The number of hydrogen-bond acceptors (Lipinski definition) is 6. The molecule has 8 heteroatoms. The Morgan fingerprint density at radius 3 is 2.39 bits per heavy atom. The first-order valence-electron chi connectivity index (χ1n) is 10.0. The number of benzene rings is 2. The highest BCUT2D eigenvalue weighted by atomic mass is 16.5. The van der Waals surface area contributed by atoms with Gasteiger partial charge >= 0.3 is 5.69 Å². The summed E-state index contributed by atoms with van der Waals surface area (Å²) in [4.78, 5) is 28.0. The van der Waals surface area contributed by atoms with Crippen LogP contribution in [0, 0.1) is 0 Å². The third-order valence-electron chi connectivity index (χ3n) is 5.05. The third-order valence-corrected chi connectivity index (χ3v) is 5.05. The van der Waals surface area contributed by atoms with E-state index in [2.05, 4.69) is 4.98 Å². The van der Waals surface area contributed by atoms with Crippen LogP contribution in [0.5, 0.6) is 17.2 Å². The monoisotopic (exact) mass is 446 g/mol. The van der Waals surface area contributed by atoms with E-state index in [1.54, 1.807) is 60.8 Å². The lowest BCUT2D eigenvalue weighted by Crippen LogP contribution is -2.16. The Morgan fingerprint density at radius 2 is 1.76 bits per heavy atom. The topological polar surface area (TPSA) is 95.7 Å². The zero-order valence-electron chi connectivity index (χ0n) is 18.3. The van der Waals surface area contributed by atoms with Crippen molar-refractivity contribution in [2.45, 2.75) is 0 Å². The van der Waals surface area contributed by atoms with Crippen molar-refractivity contribution in [3.05, 3.63) is 88.7 Å². The van der Waals surface area contributed by atoms with Crippen LogP contribution in [-0.2, 0) is 0 Å². The summed E-state index contributed by atoms with van der Waals surface area (Å²) in [5.41, 5.74) is 1.90. The summed E-state index contributed by atoms with van der Waals surface area (Å²) < 4.78 is 22.9. The van der Waals surface area contributed by atoms with Crippen LogP contribution in [0.4, 0.5) is 0 Å². The molecule has 2 aromatic heterocycles. The molecule has 0 radical (unpaired) electrons. The van der Waals surface area contributed by atoms with Gasteiger partial charge in [-0.15, -0.1) is 0 Å². The minimum Gasteiger partial charge on any atom is -0.493 e. The van der Waals surface area contributed by atoms with Gasteiger partial charge < -0.3 is 23.6 Å². The van der Waals surface area contributed by atoms with Crippen molar-refractivity contribution in [2.75, 3.05) is 21.3 Å². The maximum atomic E-state index is 12.9. The van der Waals surface area contributed by atoms with Crippen LogP contribution in [0.2, 0.25) is 0 Å². The zero-order valence-corrected chi connectivity index (χ0v) is 18.3. The van der Waals surface area contributed by atoms with Crippen LogP contribution in [0.25, 0.3) is 23.2 Å². The number of furan rings is 1. The van der Waals surface area contributed by atoms with E-state index >= 15 is 0 Å². The van der Waals surface area contributed by atoms with Crippen LogP contribution in [-0.4, -0.2) is 36.7 Å². The molecule has 4 rings (SSSR count). The van der Waals surface area contributed by atoms with Gasteiger partial charge in [0, 0.05) is 11.8 Å². The number of hydrogen-bond donors (Lipinski definition) is 1. The average Bonchev–Trinajstić information content (AvgIpc) is 3.51. The molecule has 2 heterocycles. The van der Waals surface area contributed by atoms with Gasteiger partial charge in [-0.25, -0.2) is 4.79 Å². The number of carbonyl (C=O) groups is 1. The Balaban J connectivity index is 1.65. The molecule has 0 bridgehead atoms. The predicted octanol–water partition coefficient (Wildman–Crippen LogP) is 4.35. The fraction of sp³-hybridized carbons (Fsp3) is 0.120. The van der Waals surface area contributed by atoms with Gasteiger partial charge in [-0.3, -0.25) is 9.36 Å². The van der Waals surface area contributed by atoms with Crippen molar-refractivity contribution < 1.29 is 23.4 Å². The Kier molecular flexibility index (Phi) is 6.17. The standard InChI is InChI=1S/C25H22N2O6/c1-30-22-12-16(13-23(31-2)24(22)32-3)9-10-20(28)17-6-4-7-18(14-17)27-19(15-26-25(27)29)21-8-5-11-33-21/h4-15H,1-3H3,(H,26,29). The highest BCUT2D eigenvalue weighted by Gasteiger charge is 2.15. The predicted molar refractivity (Wildman–Crippen MR) is 124 cm³/mol. The summed E-state index contributed by atoms with van der Waals surface area (Å²) >= 11 is 0. The maximum absolute atomic E-state index is 12.9. The Morgan fingerprint density at radius 1 is 1.00 bits per heavy atom. The number of carbonyl (C=O) groups excluding carboxylic acids is 1. The third kappa shape index (κ3) is 4.31. The first-order chi connectivity index (χ1) is 16.0. The maximum Gasteiger partial charge on any atom is 0.330 e. The van der Waals surface area contributed by atoms with Crippen molar-refractivity contribution in [3.8, 4) is 34.4 Å². The summed E-state index contributed by atoms with van der Waals surface area (Å²) in [6, 6.07) is 13.8. The average molecular weight is 446 g/mol. The molecule has 0 aliphatic carbocycles. The lowest BCUT2D eigenvalue weighted by Gasteiger charge is -2.12. The van der Waals surface area contributed by atoms with Gasteiger partial charge in [-0.05, 0) is 48.0 Å². The molecule has 0 spiro atoms. The van der Waals surface area contributed by atoms with E-state index in [4.69, 9.17) is 18.6 Å². The van der Waals surface area contributed by atoms with E-state index in [-0.39, 0.29) is 11.5 Å². The number of rotatable bonds is 8. The van der Waals surface area contributed by atoms with E-state index in [0.717, 1.165) is 0 Å². The lowest BCUT2D eigenvalue weighted by atomic mass is 10.1. The van der Waals surface area contributed by atoms with Gasteiger partial charge in [-0.1, -0.05) is 18.2 Å². The second kappa shape index (κ2) is 9.35. The van der Waals surface area contributed by atoms with Gasteiger partial charge in [-0.2, -0.15) is 0 Å². The SMILES string of the molecule is COc1cc(C=CC(=O)c2cccc(-n3c(-c4ccco4)c[nH]c3=O)c2)cc(OC)c1OC. The molecule has 168 valence electrons. The van der Waals surface area contributed by atoms with Crippen LogP contribution in [0.3, 0.4) is 0 Å². The van der Waals surface area contributed by atoms with E-state index in [0.29, 0.717) is 45.5 Å². The van der Waals surface area contributed by atoms with E-state index in [9.17, 15) is 9.59 Å². The molecule has 0 unspecified atom stereocenters. The number of nitrogens with zero attached hydrogens (tertiary/aromatic N) is 1. The highest BCUT2D eigenvalue weighted by molar-refractivity contribution is 6.07. The first kappa shape index (κ1) is 21.8. The molecule has 0 aliphatic heterocycles. The largest absolute Gasteiger partial charge is 0.493 e. The number of nitrogens with one attached hydrogen (secondary N) is 1.